The number of para-hydroxylation sites is 1. The number of hydrogen-bond acceptors (Lipinski definition) is 6. The van der Waals surface area contributed by atoms with Gasteiger partial charge in [0.25, 0.3) is 0 Å². The molecule has 196 valence electrons. The van der Waals surface area contributed by atoms with Gasteiger partial charge in [-0.3, -0.25) is 19.2 Å². The highest BCUT2D eigenvalue weighted by molar-refractivity contribution is 5.96. The molecule has 0 aliphatic heterocycles. The van der Waals surface area contributed by atoms with Gasteiger partial charge in [0, 0.05) is 23.5 Å². The van der Waals surface area contributed by atoms with E-state index in [1.54, 1.807) is 13.1 Å². The first-order valence-electron chi connectivity index (χ1n) is 11.7. The summed E-state index contributed by atoms with van der Waals surface area (Å²) >= 11 is 0. The van der Waals surface area contributed by atoms with Crippen LogP contribution in [-0.2, 0) is 30.4 Å². The Kier molecular flexibility index (Phi) is 9.97. The fourth-order valence-electron chi connectivity index (χ4n) is 3.59. The molecular formula is C24H34N6O6. The van der Waals surface area contributed by atoms with Crippen molar-refractivity contribution in [2.75, 3.05) is 0 Å². The number of H-pyrrole nitrogens is 1. The van der Waals surface area contributed by atoms with Crippen LogP contribution >= 0.6 is 0 Å². The third-order valence-corrected chi connectivity index (χ3v) is 6.06. The first kappa shape index (κ1) is 28.3. The SMILES string of the molecule is CCC(C)C(N)C(=O)NC(CC(N)=O)C(=O)NC(C)C(=O)NC(Cc1c[nH]c2ccccc12)C(=O)O. The number of hydrogen-bond donors (Lipinski definition) is 7. The minimum absolute atomic E-state index is 0.0135. The van der Waals surface area contributed by atoms with Gasteiger partial charge in [0.15, 0.2) is 0 Å². The van der Waals surface area contributed by atoms with Gasteiger partial charge in [0.2, 0.25) is 23.6 Å². The van der Waals surface area contributed by atoms with Crippen molar-refractivity contribution in [1.29, 1.82) is 0 Å². The van der Waals surface area contributed by atoms with Gasteiger partial charge in [-0.05, 0) is 24.5 Å². The zero-order valence-corrected chi connectivity index (χ0v) is 20.5. The monoisotopic (exact) mass is 502 g/mol. The van der Waals surface area contributed by atoms with E-state index in [0.29, 0.717) is 12.0 Å². The molecule has 1 heterocycles. The number of nitrogens with two attached hydrogens (primary N) is 2. The minimum atomic E-state index is -1.35. The number of aromatic amines is 1. The fraction of sp³-hybridized carbons (Fsp3) is 0.458. The van der Waals surface area contributed by atoms with E-state index in [1.165, 1.54) is 6.92 Å². The average molecular weight is 503 g/mol. The fourth-order valence-corrected chi connectivity index (χ4v) is 3.59. The summed E-state index contributed by atoms with van der Waals surface area (Å²) in [6, 6.07) is 2.68. The molecular weight excluding hydrogens is 468 g/mol. The maximum absolute atomic E-state index is 12.7. The Morgan fingerprint density at radius 2 is 1.61 bits per heavy atom. The van der Waals surface area contributed by atoms with E-state index in [4.69, 9.17) is 11.5 Å². The summed E-state index contributed by atoms with van der Waals surface area (Å²) in [5.74, 6) is -4.47. The predicted molar refractivity (Wildman–Crippen MR) is 132 cm³/mol. The molecule has 0 saturated carbocycles. The standard InChI is InChI=1S/C24H34N6O6/c1-4-12(2)20(26)23(34)29-17(10-19(25)31)22(33)28-13(3)21(32)30-18(24(35)36)9-14-11-27-16-8-6-5-7-15(14)16/h5-8,11-13,17-18,20,27H,4,9-10,26H2,1-3H3,(H2,25,31)(H,28,33)(H,29,34)(H,30,32)(H,35,36). The van der Waals surface area contributed by atoms with Crippen LogP contribution in [0.4, 0.5) is 0 Å². The summed E-state index contributed by atoms with van der Waals surface area (Å²) in [5.41, 5.74) is 12.6. The van der Waals surface area contributed by atoms with Crippen molar-refractivity contribution in [1.82, 2.24) is 20.9 Å². The average Bonchev–Trinajstić information content (AvgIpc) is 3.24. The first-order valence-corrected chi connectivity index (χ1v) is 11.7. The van der Waals surface area contributed by atoms with E-state index in [0.717, 1.165) is 10.9 Å². The van der Waals surface area contributed by atoms with Crippen LogP contribution < -0.4 is 27.4 Å². The van der Waals surface area contributed by atoms with Gasteiger partial charge in [0.05, 0.1) is 12.5 Å². The molecule has 0 aliphatic carbocycles. The highest BCUT2D eigenvalue weighted by Gasteiger charge is 2.30. The molecule has 0 fully saturated rings. The van der Waals surface area contributed by atoms with Crippen LogP contribution in [0.25, 0.3) is 10.9 Å². The van der Waals surface area contributed by atoms with Crippen molar-refractivity contribution < 1.29 is 29.1 Å². The molecule has 0 aliphatic rings. The third-order valence-electron chi connectivity index (χ3n) is 6.06. The van der Waals surface area contributed by atoms with E-state index in [-0.39, 0.29) is 12.3 Å². The molecule has 1 aromatic carbocycles. The molecule has 36 heavy (non-hydrogen) atoms. The highest BCUT2D eigenvalue weighted by atomic mass is 16.4. The number of amides is 4. The Balaban J connectivity index is 2.05. The van der Waals surface area contributed by atoms with Gasteiger partial charge in [-0.2, -0.15) is 0 Å². The Morgan fingerprint density at radius 3 is 2.22 bits per heavy atom. The number of carbonyl (C=O) groups is 5. The number of fused-ring (bicyclic) bond motifs is 1. The number of carboxylic acids is 1. The highest BCUT2D eigenvalue weighted by Crippen LogP contribution is 2.19. The molecule has 9 N–H and O–H groups in total. The summed E-state index contributed by atoms with van der Waals surface area (Å²) in [7, 11) is 0. The maximum Gasteiger partial charge on any atom is 0.326 e. The first-order chi connectivity index (χ1) is 16.9. The Morgan fingerprint density at radius 1 is 0.972 bits per heavy atom. The van der Waals surface area contributed by atoms with E-state index in [2.05, 4.69) is 20.9 Å². The number of carbonyl (C=O) groups excluding carboxylic acids is 4. The number of aromatic nitrogens is 1. The lowest BCUT2D eigenvalue weighted by Crippen LogP contribution is -2.57. The molecule has 5 unspecified atom stereocenters. The number of aliphatic carboxylic acids is 1. The van der Waals surface area contributed by atoms with Crippen LogP contribution in [0.15, 0.2) is 30.5 Å². The normalized spacial score (nSPS) is 15.2. The Bertz CT molecular complexity index is 1120. The second-order valence-corrected chi connectivity index (χ2v) is 8.84. The van der Waals surface area contributed by atoms with Crippen LogP contribution in [0.2, 0.25) is 0 Å². The second-order valence-electron chi connectivity index (χ2n) is 8.84. The van der Waals surface area contributed by atoms with Gasteiger partial charge >= 0.3 is 5.97 Å². The molecule has 0 spiro atoms. The van der Waals surface area contributed by atoms with Crippen LogP contribution in [0, 0.1) is 5.92 Å². The Hall–Kier alpha value is -3.93. The van der Waals surface area contributed by atoms with Gasteiger partial charge < -0.3 is 37.5 Å². The lowest BCUT2D eigenvalue weighted by atomic mass is 9.99. The molecule has 0 bridgehead atoms. The van der Waals surface area contributed by atoms with Crippen LogP contribution in [0.3, 0.4) is 0 Å². The van der Waals surface area contributed by atoms with Crippen LogP contribution in [0.5, 0.6) is 0 Å². The number of primary amides is 1. The summed E-state index contributed by atoms with van der Waals surface area (Å²) in [4.78, 5) is 64.2. The van der Waals surface area contributed by atoms with Gasteiger partial charge in [-0.15, -0.1) is 0 Å². The summed E-state index contributed by atoms with van der Waals surface area (Å²) in [6.07, 6.45) is 1.82. The Labute approximate surface area is 208 Å². The molecule has 12 nitrogen and oxygen atoms in total. The van der Waals surface area contributed by atoms with Gasteiger partial charge in [-0.1, -0.05) is 38.5 Å². The number of rotatable bonds is 13. The predicted octanol–water partition coefficient (Wildman–Crippen LogP) is -0.482. The second kappa shape index (κ2) is 12.7. The molecule has 4 amide bonds. The van der Waals surface area contributed by atoms with E-state index >= 15 is 0 Å². The number of carboxylic acid groups (broad SMARTS) is 1. The molecule has 2 rings (SSSR count). The summed E-state index contributed by atoms with van der Waals surface area (Å²) in [6.45, 7) is 4.98. The van der Waals surface area contributed by atoms with Crippen LogP contribution in [0.1, 0.15) is 39.2 Å². The zero-order valence-electron chi connectivity index (χ0n) is 20.5. The maximum atomic E-state index is 12.7. The van der Waals surface area contributed by atoms with E-state index in [9.17, 15) is 29.1 Å². The molecule has 12 heteroatoms. The lowest BCUT2D eigenvalue weighted by molar-refractivity contribution is -0.142. The van der Waals surface area contributed by atoms with Crippen LogP contribution in [-0.4, -0.2) is 63.9 Å². The number of nitrogens with one attached hydrogen (secondary N) is 4. The van der Waals surface area contributed by atoms with Crippen molar-refractivity contribution in [3.63, 3.8) is 0 Å². The summed E-state index contributed by atoms with van der Waals surface area (Å²) in [5, 5.41) is 17.7. The van der Waals surface area contributed by atoms with E-state index < -0.39 is 60.2 Å². The molecule has 2 aromatic rings. The summed E-state index contributed by atoms with van der Waals surface area (Å²) < 4.78 is 0. The van der Waals surface area contributed by atoms with Gasteiger partial charge in [-0.25, -0.2) is 4.79 Å². The zero-order chi connectivity index (χ0) is 27.0. The van der Waals surface area contributed by atoms with Gasteiger partial charge in [0.1, 0.15) is 18.1 Å². The number of benzene rings is 1. The molecule has 1 aromatic heterocycles. The van der Waals surface area contributed by atoms with Crippen molar-refractivity contribution in [2.45, 2.75) is 64.2 Å². The topological polar surface area (TPSA) is 209 Å². The smallest absolute Gasteiger partial charge is 0.326 e. The largest absolute Gasteiger partial charge is 0.480 e. The van der Waals surface area contributed by atoms with Crippen molar-refractivity contribution in [2.24, 2.45) is 17.4 Å². The van der Waals surface area contributed by atoms with Crippen molar-refractivity contribution >= 4 is 40.5 Å². The molecule has 0 saturated heterocycles. The lowest BCUT2D eigenvalue weighted by Gasteiger charge is -2.24. The molecule has 0 radical (unpaired) electrons. The third kappa shape index (κ3) is 7.54. The minimum Gasteiger partial charge on any atom is -0.480 e. The van der Waals surface area contributed by atoms with Crippen molar-refractivity contribution in [3.05, 3.63) is 36.0 Å². The van der Waals surface area contributed by atoms with E-state index in [1.807, 2.05) is 31.2 Å². The van der Waals surface area contributed by atoms with Crippen molar-refractivity contribution in [3.8, 4) is 0 Å². The molecule has 5 atom stereocenters. The quantitative estimate of drug-likeness (QED) is 0.191.